The van der Waals surface area contributed by atoms with Crippen LogP contribution in [0, 0.1) is 17.7 Å². The van der Waals surface area contributed by atoms with Crippen molar-refractivity contribution in [2.45, 2.75) is 18.9 Å². The number of carbonyl (C=O) groups excluding carboxylic acids is 1. The maximum atomic E-state index is 14.8. The number of fused-ring (bicyclic) bond motifs is 2. The van der Waals surface area contributed by atoms with Crippen molar-refractivity contribution < 1.29 is 13.6 Å². The van der Waals surface area contributed by atoms with Gasteiger partial charge in [-0.1, -0.05) is 12.5 Å². The summed E-state index contributed by atoms with van der Waals surface area (Å²) in [4.78, 5) is 28.6. The summed E-state index contributed by atoms with van der Waals surface area (Å²) < 4.78 is 22.2. The van der Waals surface area contributed by atoms with E-state index in [1.807, 2.05) is 4.90 Å². The van der Waals surface area contributed by atoms with Crippen LogP contribution >= 0.6 is 0 Å². The Labute approximate surface area is 199 Å². The van der Waals surface area contributed by atoms with E-state index >= 15 is 0 Å². The molecular formula is C24H21FN8O2. The number of oxazole rings is 1. The highest BCUT2D eigenvalue weighted by atomic mass is 19.1. The molecule has 0 spiro atoms. The first-order chi connectivity index (χ1) is 17.0. The monoisotopic (exact) mass is 472 g/mol. The summed E-state index contributed by atoms with van der Waals surface area (Å²) >= 11 is 0. The van der Waals surface area contributed by atoms with E-state index in [4.69, 9.17) is 10.2 Å². The summed E-state index contributed by atoms with van der Waals surface area (Å²) in [5, 5.41) is 5.14. The topological polar surface area (TPSA) is 119 Å². The molecule has 3 aromatic heterocycles. The van der Waals surface area contributed by atoms with Crippen molar-refractivity contribution in [1.82, 2.24) is 29.6 Å². The van der Waals surface area contributed by atoms with E-state index in [1.165, 1.54) is 18.5 Å². The summed E-state index contributed by atoms with van der Waals surface area (Å²) in [7, 11) is 0. The van der Waals surface area contributed by atoms with Crippen LogP contribution in [-0.4, -0.2) is 61.7 Å². The fourth-order valence-electron chi connectivity index (χ4n) is 4.41. The Morgan fingerprint density at radius 2 is 2.11 bits per heavy atom. The molecule has 176 valence electrons. The minimum Gasteiger partial charge on any atom is -0.423 e. The largest absolute Gasteiger partial charge is 0.423 e. The fraction of sp³-hybridized carbons (Fsp3) is 0.292. The molecule has 11 heteroatoms. The smallest absolute Gasteiger partial charge is 0.298 e. The van der Waals surface area contributed by atoms with Gasteiger partial charge in [0.2, 0.25) is 5.91 Å². The molecule has 6 rings (SSSR count). The van der Waals surface area contributed by atoms with Crippen molar-refractivity contribution in [2.75, 3.05) is 36.8 Å². The van der Waals surface area contributed by atoms with Crippen molar-refractivity contribution in [2.24, 2.45) is 0 Å². The fourth-order valence-corrected chi connectivity index (χ4v) is 4.41. The number of hydrogen-bond donors (Lipinski definition) is 1. The third-order valence-electron chi connectivity index (χ3n) is 6.42. The first kappa shape index (κ1) is 21.1. The third-order valence-corrected chi connectivity index (χ3v) is 6.42. The predicted molar refractivity (Wildman–Crippen MR) is 127 cm³/mol. The third kappa shape index (κ3) is 3.54. The van der Waals surface area contributed by atoms with Gasteiger partial charge in [0.15, 0.2) is 11.2 Å². The number of aromatic nitrogens is 5. The average Bonchev–Trinajstić information content (AvgIpc) is 3.53. The Kier molecular flexibility index (Phi) is 4.88. The molecule has 1 amide bonds. The molecule has 1 unspecified atom stereocenters. The first-order valence-electron chi connectivity index (χ1n) is 11.3. The molecule has 10 nitrogen and oxygen atoms in total. The van der Waals surface area contributed by atoms with Gasteiger partial charge in [0.05, 0.1) is 17.0 Å². The van der Waals surface area contributed by atoms with Gasteiger partial charge < -0.3 is 20.0 Å². The van der Waals surface area contributed by atoms with E-state index in [-0.39, 0.29) is 23.3 Å². The van der Waals surface area contributed by atoms with Crippen LogP contribution in [0.2, 0.25) is 0 Å². The molecule has 0 bridgehead atoms. The summed E-state index contributed by atoms with van der Waals surface area (Å²) in [6.07, 6.45) is 4.45. The highest BCUT2D eigenvalue weighted by Gasteiger charge is 2.29. The number of benzene rings is 1. The SMILES string of the molecule is C=CC(=O)N1CCC(n2nc(C#Cc3cc4nc(N5CCC5)oc4cc3F)c3c(N)ncnc32)C1. The van der Waals surface area contributed by atoms with Crippen LogP contribution in [0.15, 0.2) is 35.5 Å². The lowest BCUT2D eigenvalue weighted by atomic mass is 10.2. The number of hydrogen-bond acceptors (Lipinski definition) is 8. The van der Waals surface area contributed by atoms with Crippen LogP contribution in [0.4, 0.5) is 16.2 Å². The minimum absolute atomic E-state index is 0.102. The van der Waals surface area contributed by atoms with Gasteiger partial charge in [0, 0.05) is 32.2 Å². The van der Waals surface area contributed by atoms with Crippen molar-refractivity contribution in [3.05, 3.63) is 48.2 Å². The number of carbonyl (C=O) groups is 1. The summed E-state index contributed by atoms with van der Waals surface area (Å²) in [5.41, 5.74) is 8.08. The molecule has 2 saturated heterocycles. The number of likely N-dealkylation sites (tertiary alicyclic amines) is 1. The van der Waals surface area contributed by atoms with E-state index in [2.05, 4.69) is 38.5 Å². The van der Waals surface area contributed by atoms with Crippen molar-refractivity contribution in [1.29, 1.82) is 0 Å². The Hall–Kier alpha value is -4.46. The Morgan fingerprint density at radius 3 is 2.89 bits per heavy atom. The molecule has 0 radical (unpaired) electrons. The Morgan fingerprint density at radius 1 is 1.26 bits per heavy atom. The Balaban J connectivity index is 1.38. The number of nitrogen functional groups attached to an aromatic ring is 1. The maximum absolute atomic E-state index is 14.8. The van der Waals surface area contributed by atoms with Gasteiger partial charge in [-0.25, -0.2) is 19.0 Å². The van der Waals surface area contributed by atoms with Crippen molar-refractivity contribution >= 4 is 39.9 Å². The zero-order chi connectivity index (χ0) is 24.1. The highest BCUT2D eigenvalue weighted by Crippen LogP contribution is 2.29. The highest BCUT2D eigenvalue weighted by molar-refractivity contribution is 5.91. The molecule has 2 N–H and O–H groups in total. The average molecular weight is 472 g/mol. The van der Waals surface area contributed by atoms with Gasteiger partial charge in [-0.15, -0.1) is 0 Å². The molecule has 5 heterocycles. The van der Waals surface area contributed by atoms with Crippen LogP contribution in [-0.2, 0) is 4.79 Å². The molecule has 0 aliphatic carbocycles. The molecule has 1 atom stereocenters. The number of nitrogens with zero attached hydrogens (tertiary/aromatic N) is 7. The van der Waals surface area contributed by atoms with Crippen LogP contribution in [0.1, 0.15) is 30.1 Å². The zero-order valence-corrected chi connectivity index (χ0v) is 18.7. The normalized spacial score (nSPS) is 17.5. The quantitative estimate of drug-likeness (QED) is 0.356. The number of amides is 1. The molecule has 0 saturated carbocycles. The van der Waals surface area contributed by atoms with Crippen LogP contribution in [0.25, 0.3) is 22.1 Å². The number of nitrogens with two attached hydrogens (primary N) is 1. The molecule has 4 aromatic rings. The van der Waals surface area contributed by atoms with Gasteiger partial charge >= 0.3 is 0 Å². The van der Waals surface area contributed by atoms with E-state index in [0.717, 1.165) is 19.5 Å². The summed E-state index contributed by atoms with van der Waals surface area (Å²) in [6, 6.07) is 3.26. The van der Waals surface area contributed by atoms with Crippen LogP contribution in [0.3, 0.4) is 0 Å². The van der Waals surface area contributed by atoms with Gasteiger partial charge in [-0.05, 0) is 30.9 Å². The molecular weight excluding hydrogens is 451 g/mol. The minimum atomic E-state index is -0.515. The molecule has 35 heavy (non-hydrogen) atoms. The zero-order valence-electron chi connectivity index (χ0n) is 18.7. The van der Waals surface area contributed by atoms with E-state index in [0.29, 0.717) is 53.4 Å². The lowest BCUT2D eigenvalue weighted by Gasteiger charge is -2.28. The van der Waals surface area contributed by atoms with Crippen molar-refractivity contribution in [3.63, 3.8) is 0 Å². The second-order valence-corrected chi connectivity index (χ2v) is 8.57. The summed E-state index contributed by atoms with van der Waals surface area (Å²) in [6.45, 7) is 6.36. The van der Waals surface area contributed by atoms with Gasteiger partial charge in [-0.3, -0.25) is 4.79 Å². The number of halogens is 1. The maximum Gasteiger partial charge on any atom is 0.298 e. The Bertz CT molecular complexity index is 1560. The summed E-state index contributed by atoms with van der Waals surface area (Å²) in [5.74, 6) is 5.39. The van der Waals surface area contributed by atoms with Crippen LogP contribution in [0.5, 0.6) is 0 Å². The predicted octanol–water partition coefficient (Wildman–Crippen LogP) is 2.26. The molecule has 2 fully saturated rings. The molecule has 2 aliphatic heterocycles. The second-order valence-electron chi connectivity index (χ2n) is 8.57. The molecule has 2 aliphatic rings. The van der Waals surface area contributed by atoms with Crippen LogP contribution < -0.4 is 10.6 Å². The molecule has 1 aromatic carbocycles. The van der Waals surface area contributed by atoms with E-state index in [9.17, 15) is 9.18 Å². The van der Waals surface area contributed by atoms with Gasteiger partial charge in [-0.2, -0.15) is 10.1 Å². The van der Waals surface area contributed by atoms with E-state index in [1.54, 1.807) is 15.6 Å². The number of anilines is 2. The lowest BCUT2D eigenvalue weighted by molar-refractivity contribution is -0.125. The first-order valence-corrected chi connectivity index (χ1v) is 11.3. The van der Waals surface area contributed by atoms with Gasteiger partial charge in [0.1, 0.15) is 29.2 Å². The van der Waals surface area contributed by atoms with Gasteiger partial charge in [0.25, 0.3) is 6.01 Å². The standard InChI is InChI=1S/C24H21FN8O2/c1-2-20(34)32-9-6-15(12-32)33-23-21(22(26)27-13-28-23)17(30-33)5-4-14-10-18-19(11-16(14)25)35-24(29-18)31-7-3-8-31/h2,10-11,13,15H,1,3,6-9,12H2,(H2,26,27,28). The lowest BCUT2D eigenvalue weighted by Crippen LogP contribution is -2.37. The number of rotatable bonds is 3. The van der Waals surface area contributed by atoms with Crippen molar-refractivity contribution in [3.8, 4) is 11.8 Å². The second kappa shape index (κ2) is 8.09. The van der Waals surface area contributed by atoms with E-state index < -0.39 is 5.82 Å².